The van der Waals surface area contributed by atoms with Gasteiger partial charge in [-0.1, -0.05) is 47.0 Å². The van der Waals surface area contributed by atoms with Gasteiger partial charge in [-0.2, -0.15) is 0 Å². The number of nitrogens with one attached hydrogen (secondary N) is 1. The zero-order valence-corrected chi connectivity index (χ0v) is 20.2. The first-order chi connectivity index (χ1) is 13.9. The summed E-state index contributed by atoms with van der Waals surface area (Å²) in [5, 5.41) is 4.68. The molecule has 152 valence electrons. The number of methoxy groups -OCH3 is 1. The summed E-state index contributed by atoms with van der Waals surface area (Å²) in [4.78, 5) is 0. The minimum atomic E-state index is 0.336. The fourth-order valence-electron chi connectivity index (χ4n) is 3.01. The third-order valence-electron chi connectivity index (χ3n) is 4.54. The summed E-state index contributed by atoms with van der Waals surface area (Å²) in [6.45, 7) is 5.24. The lowest BCUT2D eigenvalue weighted by molar-refractivity contribution is 0.282. The average Bonchev–Trinajstić information content (AvgIpc) is 2.67. The van der Waals surface area contributed by atoms with Crippen LogP contribution in [0.3, 0.4) is 0 Å². The van der Waals surface area contributed by atoms with Crippen LogP contribution >= 0.6 is 45.8 Å². The van der Waals surface area contributed by atoms with E-state index in [2.05, 4.69) is 66.0 Å². The second-order valence-corrected chi connectivity index (χ2v) is 8.81. The quantitative estimate of drug-likeness (QED) is 0.316. The monoisotopic (exact) mass is 541 g/mol. The fourth-order valence-corrected chi connectivity index (χ4v) is 4.30. The Labute approximate surface area is 195 Å². The Morgan fingerprint density at radius 1 is 1.00 bits per heavy atom. The molecule has 0 fully saturated rings. The fraction of sp³-hybridized carbons (Fsp3) is 0.217. The zero-order chi connectivity index (χ0) is 21.0. The van der Waals surface area contributed by atoms with Gasteiger partial charge in [-0.3, -0.25) is 0 Å². The van der Waals surface area contributed by atoms with Crippen molar-refractivity contribution in [3.05, 3.63) is 84.4 Å². The van der Waals surface area contributed by atoms with Gasteiger partial charge in [0.2, 0.25) is 0 Å². The zero-order valence-electron chi connectivity index (χ0n) is 16.5. The molecule has 3 nitrogen and oxygen atoms in total. The molecule has 0 atom stereocenters. The van der Waals surface area contributed by atoms with Crippen molar-refractivity contribution in [2.24, 2.45) is 0 Å². The first kappa shape index (κ1) is 22.1. The predicted molar refractivity (Wildman–Crippen MR) is 130 cm³/mol. The van der Waals surface area contributed by atoms with E-state index >= 15 is 0 Å². The first-order valence-electron chi connectivity index (χ1n) is 9.11. The SMILES string of the molecule is COc1cc(CNc2ccc(C)cc2C)cc(I)c1OCc1ccc(Cl)cc1Cl. The number of halogens is 3. The molecule has 0 radical (unpaired) electrons. The van der Waals surface area contributed by atoms with Crippen molar-refractivity contribution in [2.45, 2.75) is 27.0 Å². The maximum Gasteiger partial charge on any atom is 0.174 e. The highest BCUT2D eigenvalue weighted by molar-refractivity contribution is 14.1. The molecule has 0 aliphatic heterocycles. The van der Waals surface area contributed by atoms with Gasteiger partial charge in [0, 0.05) is 27.8 Å². The molecule has 0 bridgehead atoms. The van der Waals surface area contributed by atoms with Crippen molar-refractivity contribution in [1.82, 2.24) is 0 Å². The lowest BCUT2D eigenvalue weighted by Gasteiger charge is -2.16. The standard InChI is InChI=1S/C23H22Cl2INO2/c1-14-4-7-21(15(2)8-14)27-12-16-9-20(26)23(22(10-16)28-3)29-13-17-5-6-18(24)11-19(17)25/h4-11,27H,12-13H2,1-3H3. The smallest absolute Gasteiger partial charge is 0.174 e. The van der Waals surface area contributed by atoms with E-state index in [1.807, 2.05) is 12.1 Å². The van der Waals surface area contributed by atoms with Crippen LogP contribution in [0.5, 0.6) is 11.5 Å². The molecule has 0 spiro atoms. The summed E-state index contributed by atoms with van der Waals surface area (Å²) in [5.41, 5.74) is 5.60. The largest absolute Gasteiger partial charge is 0.493 e. The summed E-state index contributed by atoms with van der Waals surface area (Å²) in [7, 11) is 1.65. The molecule has 29 heavy (non-hydrogen) atoms. The summed E-state index contributed by atoms with van der Waals surface area (Å²) in [6.07, 6.45) is 0. The minimum Gasteiger partial charge on any atom is -0.493 e. The summed E-state index contributed by atoms with van der Waals surface area (Å²) in [5.74, 6) is 1.40. The Morgan fingerprint density at radius 2 is 1.79 bits per heavy atom. The Kier molecular flexibility index (Phi) is 7.55. The number of aryl methyl sites for hydroxylation is 2. The highest BCUT2D eigenvalue weighted by atomic mass is 127. The molecule has 0 aromatic heterocycles. The Morgan fingerprint density at radius 3 is 2.48 bits per heavy atom. The second kappa shape index (κ2) is 9.92. The maximum atomic E-state index is 6.25. The van der Waals surface area contributed by atoms with Gasteiger partial charge in [-0.25, -0.2) is 0 Å². The van der Waals surface area contributed by atoms with E-state index in [0.717, 1.165) is 20.4 Å². The van der Waals surface area contributed by atoms with Gasteiger partial charge in [0.15, 0.2) is 11.5 Å². The molecule has 3 aromatic carbocycles. The third kappa shape index (κ3) is 5.71. The van der Waals surface area contributed by atoms with Gasteiger partial charge >= 0.3 is 0 Å². The highest BCUT2D eigenvalue weighted by Crippen LogP contribution is 2.35. The average molecular weight is 542 g/mol. The molecule has 0 saturated heterocycles. The number of anilines is 1. The summed E-state index contributed by atoms with van der Waals surface area (Å²) >= 11 is 14.5. The van der Waals surface area contributed by atoms with Crippen molar-refractivity contribution in [3.63, 3.8) is 0 Å². The van der Waals surface area contributed by atoms with Gasteiger partial charge in [-0.15, -0.1) is 0 Å². The first-order valence-corrected chi connectivity index (χ1v) is 10.9. The van der Waals surface area contributed by atoms with Gasteiger partial charge in [0.25, 0.3) is 0 Å². The van der Waals surface area contributed by atoms with Crippen LogP contribution in [-0.4, -0.2) is 7.11 Å². The number of rotatable bonds is 7. The van der Waals surface area contributed by atoms with Crippen LogP contribution in [0.15, 0.2) is 48.5 Å². The molecule has 0 saturated carbocycles. The van der Waals surface area contributed by atoms with E-state index in [4.69, 9.17) is 32.7 Å². The van der Waals surface area contributed by atoms with Crippen molar-refractivity contribution in [3.8, 4) is 11.5 Å². The number of hydrogen-bond acceptors (Lipinski definition) is 3. The van der Waals surface area contributed by atoms with E-state index in [0.29, 0.717) is 34.7 Å². The van der Waals surface area contributed by atoms with Gasteiger partial charge in [-0.05, 0) is 77.9 Å². The van der Waals surface area contributed by atoms with Crippen molar-refractivity contribution in [2.75, 3.05) is 12.4 Å². The third-order valence-corrected chi connectivity index (χ3v) is 5.93. The van der Waals surface area contributed by atoms with Gasteiger partial charge in [0.05, 0.1) is 10.7 Å². The molecule has 3 rings (SSSR count). The van der Waals surface area contributed by atoms with E-state index in [-0.39, 0.29) is 0 Å². The summed E-state index contributed by atoms with van der Waals surface area (Å²) < 4.78 is 12.6. The molecule has 0 heterocycles. The molecule has 1 N–H and O–H groups in total. The number of benzene rings is 3. The molecule has 0 unspecified atom stereocenters. The molecular formula is C23H22Cl2INO2. The van der Waals surface area contributed by atoms with Crippen LogP contribution in [0, 0.1) is 17.4 Å². The van der Waals surface area contributed by atoms with Crippen LogP contribution in [0.1, 0.15) is 22.3 Å². The Balaban J connectivity index is 1.74. The topological polar surface area (TPSA) is 30.5 Å². The maximum absolute atomic E-state index is 6.25. The number of hydrogen-bond donors (Lipinski definition) is 1. The van der Waals surface area contributed by atoms with E-state index in [9.17, 15) is 0 Å². The lowest BCUT2D eigenvalue weighted by Crippen LogP contribution is -2.04. The van der Waals surface area contributed by atoms with Crippen molar-refractivity contribution >= 4 is 51.5 Å². The Hall–Kier alpha value is -1.63. The molecule has 0 amide bonds. The van der Waals surface area contributed by atoms with E-state index in [1.165, 1.54) is 11.1 Å². The molecule has 3 aromatic rings. The van der Waals surface area contributed by atoms with Crippen LogP contribution in [0.2, 0.25) is 10.0 Å². The van der Waals surface area contributed by atoms with Crippen LogP contribution < -0.4 is 14.8 Å². The molecule has 6 heteroatoms. The molecular weight excluding hydrogens is 520 g/mol. The molecule has 0 aliphatic carbocycles. The lowest BCUT2D eigenvalue weighted by atomic mass is 10.1. The summed E-state index contributed by atoms with van der Waals surface area (Å²) in [6, 6.07) is 15.9. The van der Waals surface area contributed by atoms with Crippen LogP contribution in [0.4, 0.5) is 5.69 Å². The van der Waals surface area contributed by atoms with Crippen molar-refractivity contribution in [1.29, 1.82) is 0 Å². The van der Waals surface area contributed by atoms with Crippen LogP contribution in [0.25, 0.3) is 0 Å². The Bertz CT molecular complexity index is 1020. The van der Waals surface area contributed by atoms with E-state index < -0.39 is 0 Å². The van der Waals surface area contributed by atoms with Crippen LogP contribution in [-0.2, 0) is 13.2 Å². The number of ether oxygens (including phenoxy) is 2. The predicted octanol–water partition coefficient (Wildman–Crippen LogP) is 7.41. The normalized spacial score (nSPS) is 10.7. The van der Waals surface area contributed by atoms with Crippen molar-refractivity contribution < 1.29 is 9.47 Å². The van der Waals surface area contributed by atoms with Gasteiger partial charge in [0.1, 0.15) is 6.61 Å². The van der Waals surface area contributed by atoms with Gasteiger partial charge < -0.3 is 14.8 Å². The van der Waals surface area contributed by atoms with E-state index in [1.54, 1.807) is 19.2 Å². The second-order valence-electron chi connectivity index (χ2n) is 6.81. The highest BCUT2D eigenvalue weighted by Gasteiger charge is 2.13. The molecule has 0 aliphatic rings. The minimum absolute atomic E-state index is 0.336.